The van der Waals surface area contributed by atoms with Crippen LogP contribution in [0.15, 0.2) is 18.2 Å². The monoisotopic (exact) mass is 306 g/mol. The Balaban J connectivity index is 1.55. The van der Waals surface area contributed by atoms with Gasteiger partial charge in [-0.2, -0.15) is 0 Å². The van der Waals surface area contributed by atoms with E-state index in [2.05, 4.69) is 20.6 Å². The summed E-state index contributed by atoms with van der Waals surface area (Å²) in [5.74, 6) is 0.222. The average Bonchev–Trinajstić information content (AvgIpc) is 2.89. The number of benzene rings is 1. The number of hydrogen-bond acceptors (Lipinski definition) is 4. The first-order valence-corrected chi connectivity index (χ1v) is 7.44. The number of aromatic nitrogens is 2. The number of H-pyrrole nitrogens is 1. The third-order valence-electron chi connectivity index (χ3n) is 3.88. The van der Waals surface area contributed by atoms with Crippen LogP contribution in [0.2, 0.25) is 0 Å². The summed E-state index contributed by atoms with van der Waals surface area (Å²) in [4.78, 5) is 19.3. The van der Waals surface area contributed by atoms with E-state index in [0.29, 0.717) is 29.8 Å². The highest BCUT2D eigenvalue weighted by Crippen LogP contribution is 2.14. The van der Waals surface area contributed by atoms with Gasteiger partial charge in [0.25, 0.3) is 0 Å². The zero-order valence-corrected chi connectivity index (χ0v) is 12.1. The highest BCUT2D eigenvalue weighted by molar-refractivity contribution is 5.77. The van der Waals surface area contributed by atoms with E-state index >= 15 is 0 Å². The van der Waals surface area contributed by atoms with Gasteiger partial charge in [-0.05, 0) is 31.2 Å². The number of aromatic amines is 1. The Hall–Kier alpha value is -1.99. The number of carbonyl (C=O) groups excluding carboxylic acids is 1. The number of nitrogens with zero attached hydrogens (tertiary/aromatic N) is 1. The van der Waals surface area contributed by atoms with Crippen molar-refractivity contribution in [2.24, 2.45) is 0 Å². The van der Waals surface area contributed by atoms with Crippen molar-refractivity contribution >= 4 is 16.9 Å². The Bertz CT molecular complexity index is 673. The Kier molecular flexibility index (Phi) is 4.35. The minimum absolute atomic E-state index is 0.113. The lowest BCUT2D eigenvalue weighted by molar-refractivity contribution is -0.122. The molecule has 2 atom stereocenters. The molecular formula is C15H19FN4O2. The van der Waals surface area contributed by atoms with Crippen molar-refractivity contribution in [1.82, 2.24) is 20.6 Å². The fourth-order valence-corrected chi connectivity index (χ4v) is 2.67. The van der Waals surface area contributed by atoms with Gasteiger partial charge in [0.2, 0.25) is 5.91 Å². The van der Waals surface area contributed by atoms with Crippen LogP contribution in [-0.4, -0.2) is 46.2 Å². The van der Waals surface area contributed by atoms with Gasteiger partial charge in [0.1, 0.15) is 11.6 Å². The van der Waals surface area contributed by atoms with Crippen LogP contribution >= 0.6 is 0 Å². The number of fused-ring (bicyclic) bond motifs is 1. The van der Waals surface area contributed by atoms with Crippen LogP contribution in [0.3, 0.4) is 0 Å². The number of aliphatic hydroxyl groups is 1. The minimum atomic E-state index is -0.549. The first-order chi connectivity index (χ1) is 10.6. The molecule has 1 saturated heterocycles. The van der Waals surface area contributed by atoms with Gasteiger partial charge in [-0.3, -0.25) is 4.79 Å². The molecule has 0 radical (unpaired) electrons. The summed E-state index contributed by atoms with van der Waals surface area (Å²) < 4.78 is 13.1. The molecule has 0 bridgehead atoms. The molecule has 2 aromatic rings. The van der Waals surface area contributed by atoms with Crippen molar-refractivity contribution in [3.8, 4) is 0 Å². The smallest absolute Gasteiger partial charge is 0.220 e. The van der Waals surface area contributed by atoms with Gasteiger partial charge in [-0.25, -0.2) is 9.37 Å². The summed E-state index contributed by atoms with van der Waals surface area (Å²) in [7, 11) is 0. The maximum atomic E-state index is 13.1. The second-order valence-corrected chi connectivity index (χ2v) is 5.58. The highest BCUT2D eigenvalue weighted by atomic mass is 19.1. The lowest BCUT2D eigenvalue weighted by Crippen LogP contribution is -2.52. The Labute approximate surface area is 127 Å². The third-order valence-corrected chi connectivity index (χ3v) is 3.88. The van der Waals surface area contributed by atoms with E-state index < -0.39 is 6.10 Å². The molecule has 0 unspecified atom stereocenters. The number of nitrogens with one attached hydrogen (secondary N) is 3. The molecule has 118 valence electrons. The Morgan fingerprint density at radius 3 is 3.18 bits per heavy atom. The van der Waals surface area contributed by atoms with Gasteiger partial charge in [-0.15, -0.1) is 0 Å². The second kappa shape index (κ2) is 6.41. The maximum absolute atomic E-state index is 13.1. The van der Waals surface area contributed by atoms with E-state index in [1.54, 1.807) is 6.07 Å². The van der Waals surface area contributed by atoms with Crippen LogP contribution in [0.1, 0.15) is 18.7 Å². The van der Waals surface area contributed by atoms with E-state index in [1.807, 2.05) is 0 Å². The number of piperidine rings is 1. The van der Waals surface area contributed by atoms with Crippen molar-refractivity contribution < 1.29 is 14.3 Å². The molecule has 1 aliphatic heterocycles. The SMILES string of the molecule is O=C(CCc1nc2ccc(F)cc2[nH]1)N[C@@H]1CCNC[C@H]1O. The molecule has 1 amide bonds. The molecule has 7 heteroatoms. The summed E-state index contributed by atoms with van der Waals surface area (Å²) in [5, 5.41) is 15.7. The second-order valence-electron chi connectivity index (χ2n) is 5.58. The Morgan fingerprint density at radius 1 is 1.50 bits per heavy atom. The van der Waals surface area contributed by atoms with Crippen LogP contribution in [-0.2, 0) is 11.2 Å². The number of β-amino-alcohol motifs (C(OH)–C–C–N with tert-alkyl or cyclic N) is 1. The topological polar surface area (TPSA) is 90.0 Å². The standard InChI is InChI=1S/C15H19FN4O2/c16-9-1-2-10-12(7-9)19-14(18-10)3-4-15(22)20-11-5-6-17-8-13(11)21/h1-2,7,11,13,17,21H,3-6,8H2,(H,18,19)(H,20,22)/t11-,13-/m1/s1. The number of amides is 1. The van der Waals surface area contributed by atoms with Crippen molar-refractivity contribution in [3.63, 3.8) is 0 Å². The number of rotatable bonds is 4. The van der Waals surface area contributed by atoms with Gasteiger partial charge in [-0.1, -0.05) is 0 Å². The van der Waals surface area contributed by atoms with Gasteiger partial charge in [0, 0.05) is 19.4 Å². The number of halogens is 1. The maximum Gasteiger partial charge on any atom is 0.220 e. The molecule has 0 saturated carbocycles. The fourth-order valence-electron chi connectivity index (χ4n) is 2.67. The molecule has 1 aromatic carbocycles. The van der Waals surface area contributed by atoms with Gasteiger partial charge in [0.05, 0.1) is 23.2 Å². The lowest BCUT2D eigenvalue weighted by Gasteiger charge is -2.29. The predicted molar refractivity (Wildman–Crippen MR) is 79.8 cm³/mol. The van der Waals surface area contributed by atoms with Gasteiger partial charge >= 0.3 is 0 Å². The first-order valence-electron chi connectivity index (χ1n) is 7.44. The third kappa shape index (κ3) is 3.42. The number of aryl methyl sites for hydroxylation is 1. The average molecular weight is 306 g/mol. The highest BCUT2D eigenvalue weighted by Gasteiger charge is 2.24. The molecule has 1 fully saturated rings. The van der Waals surface area contributed by atoms with Gasteiger partial charge < -0.3 is 20.7 Å². The van der Waals surface area contributed by atoms with Crippen LogP contribution in [0.4, 0.5) is 4.39 Å². The van der Waals surface area contributed by atoms with Crippen molar-refractivity contribution in [2.75, 3.05) is 13.1 Å². The number of aliphatic hydroxyl groups excluding tert-OH is 1. The van der Waals surface area contributed by atoms with Crippen LogP contribution in [0, 0.1) is 5.82 Å². The fraction of sp³-hybridized carbons (Fsp3) is 0.467. The zero-order chi connectivity index (χ0) is 15.5. The molecule has 6 nitrogen and oxygen atoms in total. The van der Waals surface area contributed by atoms with Crippen LogP contribution < -0.4 is 10.6 Å². The van der Waals surface area contributed by atoms with E-state index in [-0.39, 0.29) is 24.2 Å². The molecule has 1 aliphatic rings. The molecule has 2 heterocycles. The van der Waals surface area contributed by atoms with Crippen molar-refractivity contribution in [1.29, 1.82) is 0 Å². The largest absolute Gasteiger partial charge is 0.390 e. The predicted octanol–water partition coefficient (Wildman–Crippen LogP) is 0.474. The Morgan fingerprint density at radius 2 is 2.36 bits per heavy atom. The molecule has 4 N–H and O–H groups in total. The van der Waals surface area contributed by atoms with E-state index in [1.165, 1.54) is 12.1 Å². The summed E-state index contributed by atoms with van der Waals surface area (Å²) in [6.07, 6.45) is 0.894. The summed E-state index contributed by atoms with van der Waals surface area (Å²) in [5.41, 5.74) is 1.31. The number of imidazole rings is 1. The molecule has 0 spiro atoms. The quantitative estimate of drug-likeness (QED) is 0.661. The lowest BCUT2D eigenvalue weighted by atomic mass is 10.0. The number of carbonyl (C=O) groups is 1. The summed E-state index contributed by atoms with van der Waals surface area (Å²) in [6.45, 7) is 1.29. The van der Waals surface area contributed by atoms with E-state index in [9.17, 15) is 14.3 Å². The van der Waals surface area contributed by atoms with E-state index in [0.717, 1.165) is 13.0 Å². The van der Waals surface area contributed by atoms with Crippen molar-refractivity contribution in [2.45, 2.75) is 31.4 Å². The summed E-state index contributed by atoms with van der Waals surface area (Å²) >= 11 is 0. The normalized spacial score (nSPS) is 21.9. The summed E-state index contributed by atoms with van der Waals surface area (Å²) in [6, 6.07) is 4.16. The van der Waals surface area contributed by atoms with Crippen LogP contribution in [0.5, 0.6) is 0 Å². The van der Waals surface area contributed by atoms with E-state index in [4.69, 9.17) is 0 Å². The zero-order valence-electron chi connectivity index (χ0n) is 12.1. The van der Waals surface area contributed by atoms with Crippen molar-refractivity contribution in [3.05, 3.63) is 29.8 Å². The molecule has 3 rings (SSSR count). The van der Waals surface area contributed by atoms with Crippen LogP contribution in [0.25, 0.3) is 11.0 Å². The first kappa shape index (κ1) is 14.9. The minimum Gasteiger partial charge on any atom is -0.390 e. The molecule has 0 aliphatic carbocycles. The number of hydrogen-bond donors (Lipinski definition) is 4. The molecular weight excluding hydrogens is 287 g/mol. The molecule has 1 aromatic heterocycles. The molecule has 22 heavy (non-hydrogen) atoms. The van der Waals surface area contributed by atoms with Gasteiger partial charge in [0.15, 0.2) is 0 Å².